The molecule has 0 radical (unpaired) electrons. The van der Waals surface area contributed by atoms with E-state index in [1.807, 2.05) is 24.3 Å². The highest BCUT2D eigenvalue weighted by molar-refractivity contribution is 9.10. The van der Waals surface area contributed by atoms with Crippen LogP contribution in [0.2, 0.25) is 0 Å². The van der Waals surface area contributed by atoms with E-state index in [1.54, 1.807) is 18.3 Å². The van der Waals surface area contributed by atoms with Crippen molar-refractivity contribution in [3.05, 3.63) is 57.8 Å². The lowest BCUT2D eigenvalue weighted by molar-refractivity contribution is 1.09. The average Bonchev–Trinajstić information content (AvgIpc) is 2.46. The molecule has 0 unspecified atom stereocenters. The summed E-state index contributed by atoms with van der Waals surface area (Å²) in [6, 6.07) is 13.2. The van der Waals surface area contributed by atoms with Gasteiger partial charge in [-0.25, -0.2) is 4.98 Å². The lowest BCUT2D eigenvalue weighted by Crippen LogP contribution is -2.04. The van der Waals surface area contributed by atoms with Crippen LogP contribution in [0.5, 0.6) is 0 Å². The lowest BCUT2D eigenvalue weighted by atomic mass is 10.1. The summed E-state index contributed by atoms with van der Waals surface area (Å²) in [5.74, 6) is 0. The Morgan fingerprint density at radius 3 is 2.79 bits per heavy atom. The second-order valence-corrected chi connectivity index (χ2v) is 4.69. The maximum absolute atomic E-state index is 9.07. The summed E-state index contributed by atoms with van der Waals surface area (Å²) >= 11 is 3.32. The van der Waals surface area contributed by atoms with E-state index >= 15 is 0 Å². The van der Waals surface area contributed by atoms with Gasteiger partial charge in [0.1, 0.15) is 17.8 Å². The summed E-state index contributed by atoms with van der Waals surface area (Å²) in [7, 11) is 0. The second-order valence-electron chi connectivity index (χ2n) is 3.78. The van der Waals surface area contributed by atoms with E-state index in [4.69, 9.17) is 10.5 Å². The molecule has 1 aromatic heterocycles. The van der Waals surface area contributed by atoms with Crippen LogP contribution in [0.25, 0.3) is 0 Å². The Labute approximate surface area is 119 Å². The van der Waals surface area contributed by atoms with Crippen molar-refractivity contribution in [1.82, 2.24) is 4.98 Å². The molecule has 0 spiro atoms. The highest BCUT2D eigenvalue weighted by Crippen LogP contribution is 2.21. The Morgan fingerprint density at radius 2 is 2.05 bits per heavy atom. The van der Waals surface area contributed by atoms with Gasteiger partial charge >= 0.3 is 0 Å². The fourth-order valence-electron chi connectivity index (χ4n) is 1.64. The molecule has 1 heterocycles. The van der Waals surface area contributed by atoms with Crippen LogP contribution in [0.4, 0.5) is 5.69 Å². The van der Waals surface area contributed by atoms with E-state index in [-0.39, 0.29) is 0 Å². The molecule has 2 rings (SSSR count). The van der Waals surface area contributed by atoms with Crippen LogP contribution < -0.4 is 5.32 Å². The standard InChI is InChI=1S/C14H9BrN4/c15-12-3-4-13(11(6-12)7-16)19-9-10-2-1-5-18-14(10)8-17/h1-6,19H,9H2. The maximum Gasteiger partial charge on any atom is 0.145 e. The van der Waals surface area contributed by atoms with Crippen molar-refractivity contribution in [1.29, 1.82) is 10.5 Å². The van der Waals surface area contributed by atoms with Gasteiger partial charge < -0.3 is 5.32 Å². The first kappa shape index (κ1) is 13.1. The van der Waals surface area contributed by atoms with Crippen molar-refractivity contribution in [2.24, 2.45) is 0 Å². The molecule has 0 saturated heterocycles. The molecule has 19 heavy (non-hydrogen) atoms. The molecule has 1 aromatic carbocycles. The van der Waals surface area contributed by atoms with Crippen molar-refractivity contribution in [2.45, 2.75) is 6.54 Å². The molecule has 0 saturated carbocycles. The highest BCUT2D eigenvalue weighted by atomic mass is 79.9. The van der Waals surface area contributed by atoms with Crippen LogP contribution in [0, 0.1) is 22.7 Å². The average molecular weight is 313 g/mol. The monoisotopic (exact) mass is 312 g/mol. The largest absolute Gasteiger partial charge is 0.380 e. The molecule has 5 heteroatoms. The molecule has 0 aliphatic heterocycles. The van der Waals surface area contributed by atoms with E-state index in [9.17, 15) is 0 Å². The van der Waals surface area contributed by atoms with Crippen LogP contribution in [0.1, 0.15) is 16.8 Å². The maximum atomic E-state index is 9.07. The molecule has 0 fully saturated rings. The Morgan fingerprint density at radius 1 is 1.21 bits per heavy atom. The second kappa shape index (κ2) is 5.99. The number of benzene rings is 1. The summed E-state index contributed by atoms with van der Waals surface area (Å²) in [6.07, 6.45) is 1.59. The zero-order chi connectivity index (χ0) is 13.7. The Hall–Kier alpha value is -2.37. The fourth-order valence-corrected chi connectivity index (χ4v) is 2.00. The summed E-state index contributed by atoms with van der Waals surface area (Å²) in [6.45, 7) is 0.451. The predicted molar refractivity (Wildman–Crippen MR) is 75.1 cm³/mol. The first-order valence-electron chi connectivity index (χ1n) is 5.52. The SMILES string of the molecule is N#Cc1cc(Br)ccc1NCc1cccnc1C#N. The molecule has 92 valence electrons. The Kier molecular flexibility index (Phi) is 4.12. The number of halogens is 1. The van der Waals surface area contributed by atoms with Crippen LogP contribution in [0.3, 0.4) is 0 Å². The molecule has 0 amide bonds. The number of pyridine rings is 1. The first-order valence-corrected chi connectivity index (χ1v) is 6.31. The molecule has 2 aromatic rings. The number of hydrogen-bond acceptors (Lipinski definition) is 4. The van der Waals surface area contributed by atoms with Gasteiger partial charge in [-0.1, -0.05) is 22.0 Å². The summed E-state index contributed by atoms with van der Waals surface area (Å²) in [4.78, 5) is 3.99. The Balaban J connectivity index is 2.20. The minimum atomic E-state index is 0.394. The molecule has 0 atom stereocenters. The van der Waals surface area contributed by atoms with E-state index in [0.717, 1.165) is 15.7 Å². The van der Waals surface area contributed by atoms with Gasteiger partial charge in [0.15, 0.2) is 0 Å². The smallest absolute Gasteiger partial charge is 0.145 e. The Bertz CT molecular complexity index is 683. The van der Waals surface area contributed by atoms with Gasteiger partial charge in [-0.05, 0) is 24.3 Å². The number of rotatable bonds is 3. The summed E-state index contributed by atoms with van der Waals surface area (Å²) < 4.78 is 0.855. The quantitative estimate of drug-likeness (QED) is 0.944. The van der Waals surface area contributed by atoms with Crippen molar-refractivity contribution < 1.29 is 0 Å². The van der Waals surface area contributed by atoms with Crippen LogP contribution in [0.15, 0.2) is 41.0 Å². The van der Waals surface area contributed by atoms with E-state index in [1.165, 1.54) is 0 Å². The van der Waals surface area contributed by atoms with Gasteiger partial charge in [-0.15, -0.1) is 0 Å². The number of nitriles is 2. The molecular formula is C14H9BrN4. The van der Waals surface area contributed by atoms with E-state index < -0.39 is 0 Å². The molecule has 0 aliphatic carbocycles. The predicted octanol–water partition coefficient (Wildman–Crippen LogP) is 3.20. The third kappa shape index (κ3) is 3.09. The van der Waals surface area contributed by atoms with Gasteiger partial charge in [0, 0.05) is 22.8 Å². The molecule has 1 N–H and O–H groups in total. The fraction of sp³-hybridized carbons (Fsp3) is 0.0714. The summed E-state index contributed by atoms with van der Waals surface area (Å²) in [5.41, 5.74) is 2.48. The van der Waals surface area contributed by atoms with Gasteiger partial charge in [-0.2, -0.15) is 10.5 Å². The zero-order valence-electron chi connectivity index (χ0n) is 9.89. The van der Waals surface area contributed by atoms with Gasteiger partial charge in [0.2, 0.25) is 0 Å². The van der Waals surface area contributed by atoms with Crippen LogP contribution in [-0.4, -0.2) is 4.98 Å². The van der Waals surface area contributed by atoms with E-state index in [2.05, 4.69) is 32.3 Å². The number of nitrogens with zero attached hydrogens (tertiary/aromatic N) is 3. The van der Waals surface area contributed by atoms with Gasteiger partial charge in [0.25, 0.3) is 0 Å². The lowest BCUT2D eigenvalue weighted by Gasteiger charge is -2.09. The van der Waals surface area contributed by atoms with Crippen molar-refractivity contribution in [3.8, 4) is 12.1 Å². The van der Waals surface area contributed by atoms with Crippen LogP contribution >= 0.6 is 15.9 Å². The summed E-state index contributed by atoms with van der Waals surface area (Å²) in [5, 5.41) is 21.2. The minimum Gasteiger partial charge on any atom is -0.380 e. The van der Waals surface area contributed by atoms with Crippen molar-refractivity contribution in [2.75, 3.05) is 5.32 Å². The minimum absolute atomic E-state index is 0.394. The van der Waals surface area contributed by atoms with Gasteiger partial charge in [-0.3, -0.25) is 0 Å². The van der Waals surface area contributed by atoms with Crippen LogP contribution in [-0.2, 0) is 6.54 Å². The molecular weight excluding hydrogens is 304 g/mol. The third-order valence-electron chi connectivity index (χ3n) is 2.57. The topological polar surface area (TPSA) is 72.5 Å². The third-order valence-corrected chi connectivity index (χ3v) is 3.06. The highest BCUT2D eigenvalue weighted by Gasteiger charge is 2.05. The first-order chi connectivity index (χ1) is 9.24. The number of aromatic nitrogens is 1. The molecule has 0 aliphatic rings. The number of hydrogen-bond donors (Lipinski definition) is 1. The normalized spacial score (nSPS) is 9.42. The van der Waals surface area contributed by atoms with Gasteiger partial charge in [0.05, 0.1) is 11.3 Å². The molecule has 0 bridgehead atoms. The van der Waals surface area contributed by atoms with Crippen molar-refractivity contribution >= 4 is 21.6 Å². The number of nitrogens with one attached hydrogen (secondary N) is 1. The molecule has 4 nitrogen and oxygen atoms in total. The number of anilines is 1. The zero-order valence-corrected chi connectivity index (χ0v) is 11.5. The van der Waals surface area contributed by atoms with Crippen molar-refractivity contribution in [3.63, 3.8) is 0 Å². The van der Waals surface area contributed by atoms with E-state index in [0.29, 0.717) is 17.8 Å².